The molecule has 0 radical (unpaired) electrons. The second kappa shape index (κ2) is 6.51. The highest BCUT2D eigenvalue weighted by atomic mass is 35.5. The van der Waals surface area contributed by atoms with E-state index in [4.69, 9.17) is 11.6 Å². The van der Waals surface area contributed by atoms with Gasteiger partial charge in [-0.3, -0.25) is 4.79 Å². The summed E-state index contributed by atoms with van der Waals surface area (Å²) in [5.74, 6) is 5.62. The Hall–Kier alpha value is -1.05. The lowest BCUT2D eigenvalue weighted by Crippen LogP contribution is -1.86. The van der Waals surface area contributed by atoms with E-state index in [1.807, 2.05) is 0 Å². The number of halogens is 2. The number of carbonyl (C=O) groups excluding carboxylic acids is 1. The van der Waals surface area contributed by atoms with Gasteiger partial charge in [0.1, 0.15) is 0 Å². The monoisotopic (exact) mass is 257 g/mol. The van der Waals surface area contributed by atoms with Crippen molar-refractivity contribution in [3.63, 3.8) is 0 Å². The molecule has 0 aromatic carbocycles. The summed E-state index contributed by atoms with van der Waals surface area (Å²) >= 11 is 6.77. The first-order chi connectivity index (χ1) is 7.59. The van der Waals surface area contributed by atoms with E-state index in [-0.39, 0.29) is 10.1 Å². The van der Waals surface area contributed by atoms with Crippen molar-refractivity contribution in [2.45, 2.75) is 13.3 Å². The molecule has 1 heterocycles. The summed E-state index contributed by atoms with van der Waals surface area (Å²) in [6.07, 6.45) is 1.92. The molecule has 0 bridgehead atoms. The molecule has 0 saturated carbocycles. The van der Waals surface area contributed by atoms with Crippen molar-refractivity contribution in [2.24, 2.45) is 0 Å². The summed E-state index contributed by atoms with van der Waals surface area (Å²) in [7, 11) is 0. The van der Waals surface area contributed by atoms with Gasteiger partial charge < -0.3 is 0 Å². The van der Waals surface area contributed by atoms with Crippen LogP contribution in [0.15, 0.2) is 12.3 Å². The van der Waals surface area contributed by atoms with Gasteiger partial charge in [0.2, 0.25) is 5.95 Å². The van der Waals surface area contributed by atoms with E-state index < -0.39 is 5.95 Å². The second-order valence-corrected chi connectivity index (χ2v) is 4.57. The molecule has 0 N–H and O–H groups in total. The normalized spacial score (nSPS) is 9.44. The average molecular weight is 258 g/mol. The number of aromatic nitrogens is 1. The molecule has 2 nitrogen and oxygen atoms in total. The SMILES string of the molecule is CC(=O)SCCC#Cc1cnc(F)c(Cl)c1. The van der Waals surface area contributed by atoms with Gasteiger partial charge in [0, 0.05) is 30.9 Å². The van der Waals surface area contributed by atoms with Crippen LogP contribution in [0.1, 0.15) is 18.9 Å². The average Bonchev–Trinajstić information content (AvgIpc) is 2.22. The third-order valence-electron chi connectivity index (χ3n) is 1.56. The van der Waals surface area contributed by atoms with Crippen LogP contribution in [0.5, 0.6) is 0 Å². The smallest absolute Gasteiger partial charge is 0.231 e. The summed E-state index contributed by atoms with van der Waals surface area (Å²) in [6, 6.07) is 1.43. The molecule has 5 heteroatoms. The molecule has 0 unspecified atom stereocenters. The Labute approximate surface area is 103 Å². The number of rotatable bonds is 2. The molecule has 1 aromatic heterocycles. The molecular weight excluding hydrogens is 249 g/mol. The lowest BCUT2D eigenvalue weighted by atomic mass is 10.3. The number of carbonyl (C=O) groups is 1. The van der Waals surface area contributed by atoms with Crippen LogP contribution >= 0.6 is 23.4 Å². The van der Waals surface area contributed by atoms with Gasteiger partial charge in [-0.05, 0) is 6.07 Å². The van der Waals surface area contributed by atoms with Gasteiger partial charge in [0.25, 0.3) is 0 Å². The van der Waals surface area contributed by atoms with Crippen LogP contribution in [0.25, 0.3) is 0 Å². The van der Waals surface area contributed by atoms with Gasteiger partial charge in [0.05, 0.1) is 5.02 Å². The Bertz CT molecular complexity index is 453. The summed E-state index contributed by atoms with van der Waals surface area (Å²) in [5, 5.41) is 0.0400. The van der Waals surface area contributed by atoms with Crippen molar-refractivity contribution in [3.8, 4) is 11.8 Å². The van der Waals surface area contributed by atoms with E-state index in [2.05, 4.69) is 16.8 Å². The molecule has 0 aliphatic rings. The highest BCUT2D eigenvalue weighted by Gasteiger charge is 1.99. The Balaban J connectivity index is 2.50. The number of pyridine rings is 1. The van der Waals surface area contributed by atoms with Crippen molar-refractivity contribution < 1.29 is 9.18 Å². The summed E-state index contributed by atoms with van der Waals surface area (Å²) in [6.45, 7) is 1.52. The molecule has 1 aromatic rings. The molecule has 1 rings (SSSR count). The van der Waals surface area contributed by atoms with Crippen molar-refractivity contribution in [2.75, 3.05) is 5.75 Å². The highest BCUT2D eigenvalue weighted by molar-refractivity contribution is 8.13. The van der Waals surface area contributed by atoms with Gasteiger partial charge in [-0.15, -0.1) is 0 Å². The lowest BCUT2D eigenvalue weighted by Gasteiger charge is -1.93. The zero-order chi connectivity index (χ0) is 12.0. The van der Waals surface area contributed by atoms with E-state index in [0.717, 1.165) is 0 Å². The predicted molar refractivity (Wildman–Crippen MR) is 63.8 cm³/mol. The zero-order valence-electron chi connectivity index (χ0n) is 8.59. The lowest BCUT2D eigenvalue weighted by molar-refractivity contribution is -0.109. The van der Waals surface area contributed by atoms with Gasteiger partial charge in [-0.1, -0.05) is 35.2 Å². The summed E-state index contributed by atoms with van der Waals surface area (Å²) < 4.78 is 12.7. The van der Waals surface area contributed by atoms with Crippen LogP contribution in [-0.2, 0) is 4.79 Å². The Morgan fingerprint density at radius 1 is 1.69 bits per heavy atom. The standard InChI is InChI=1S/C11H9ClFNOS/c1-8(15)16-5-3-2-4-9-6-10(12)11(13)14-7-9/h6-7H,3,5H2,1H3. The van der Waals surface area contributed by atoms with Crippen LogP contribution in [0.3, 0.4) is 0 Å². The van der Waals surface area contributed by atoms with E-state index in [0.29, 0.717) is 17.7 Å². The van der Waals surface area contributed by atoms with Crippen LogP contribution in [-0.4, -0.2) is 15.9 Å². The molecular formula is C11H9ClFNOS. The number of nitrogens with zero attached hydrogens (tertiary/aromatic N) is 1. The topological polar surface area (TPSA) is 30.0 Å². The Kier molecular flexibility index (Phi) is 5.30. The van der Waals surface area contributed by atoms with Crippen LogP contribution < -0.4 is 0 Å². The van der Waals surface area contributed by atoms with E-state index in [1.165, 1.54) is 30.9 Å². The predicted octanol–water partition coefficient (Wildman–Crippen LogP) is 2.90. The molecule has 84 valence electrons. The third-order valence-corrected chi connectivity index (χ3v) is 2.64. The zero-order valence-corrected chi connectivity index (χ0v) is 10.2. The summed E-state index contributed by atoms with van der Waals surface area (Å²) in [5.41, 5.74) is 0.569. The van der Waals surface area contributed by atoms with Gasteiger partial charge in [0.15, 0.2) is 5.12 Å². The molecule has 0 aliphatic carbocycles. The minimum Gasteiger partial charge on any atom is -0.288 e. The number of thioether (sulfide) groups is 1. The maximum atomic E-state index is 12.7. The molecule has 0 aliphatic heterocycles. The first-order valence-corrected chi connectivity index (χ1v) is 5.89. The fraction of sp³-hybridized carbons (Fsp3) is 0.273. The Morgan fingerprint density at radius 3 is 3.06 bits per heavy atom. The first kappa shape index (κ1) is 13.0. The van der Waals surface area contributed by atoms with Crippen molar-refractivity contribution in [1.82, 2.24) is 4.98 Å². The largest absolute Gasteiger partial charge is 0.288 e. The first-order valence-electron chi connectivity index (χ1n) is 4.53. The van der Waals surface area contributed by atoms with Crippen molar-refractivity contribution in [1.29, 1.82) is 0 Å². The molecule has 0 spiro atoms. The summed E-state index contributed by atoms with van der Waals surface area (Å²) in [4.78, 5) is 14.1. The van der Waals surface area contributed by atoms with Gasteiger partial charge in [-0.25, -0.2) is 4.98 Å². The van der Waals surface area contributed by atoms with Gasteiger partial charge >= 0.3 is 0 Å². The molecule has 0 saturated heterocycles. The van der Waals surface area contributed by atoms with Crippen LogP contribution in [0, 0.1) is 17.8 Å². The minimum absolute atomic E-state index is 0.0371. The highest BCUT2D eigenvalue weighted by Crippen LogP contribution is 2.12. The maximum absolute atomic E-state index is 12.7. The quantitative estimate of drug-likeness (QED) is 0.464. The van der Waals surface area contributed by atoms with E-state index in [1.54, 1.807) is 0 Å². The molecule has 0 fully saturated rings. The fourth-order valence-electron chi connectivity index (χ4n) is 0.900. The van der Waals surface area contributed by atoms with Crippen LogP contribution in [0.4, 0.5) is 4.39 Å². The third kappa shape index (κ3) is 4.65. The molecule has 0 atom stereocenters. The number of hydrogen-bond donors (Lipinski definition) is 0. The van der Waals surface area contributed by atoms with Crippen LogP contribution in [0.2, 0.25) is 5.02 Å². The van der Waals surface area contributed by atoms with Crippen molar-refractivity contribution >= 4 is 28.5 Å². The van der Waals surface area contributed by atoms with E-state index in [9.17, 15) is 9.18 Å². The Morgan fingerprint density at radius 2 is 2.44 bits per heavy atom. The van der Waals surface area contributed by atoms with E-state index >= 15 is 0 Å². The fourth-order valence-corrected chi connectivity index (χ4v) is 1.56. The van der Waals surface area contributed by atoms with Gasteiger partial charge in [-0.2, -0.15) is 4.39 Å². The number of hydrogen-bond acceptors (Lipinski definition) is 3. The maximum Gasteiger partial charge on any atom is 0.231 e. The molecule has 0 amide bonds. The second-order valence-electron chi connectivity index (χ2n) is 2.89. The molecule has 16 heavy (non-hydrogen) atoms. The van der Waals surface area contributed by atoms with Crippen molar-refractivity contribution in [3.05, 3.63) is 28.8 Å². The minimum atomic E-state index is -0.695.